The molecule has 3 heteroatoms. The van der Waals surface area contributed by atoms with Crippen LogP contribution in [0.5, 0.6) is 0 Å². The van der Waals surface area contributed by atoms with E-state index in [1.165, 1.54) is 11.1 Å². The van der Waals surface area contributed by atoms with Crippen LogP contribution in [0, 0.1) is 0 Å². The highest BCUT2D eigenvalue weighted by Gasteiger charge is 2.19. The fourth-order valence-corrected chi connectivity index (χ4v) is 3.09. The average molecular weight is 335 g/mol. The number of benzene rings is 2. The molecule has 3 aromatic rings. The molecule has 0 aliphatic carbocycles. The highest BCUT2D eigenvalue weighted by Crippen LogP contribution is 2.27. The van der Waals surface area contributed by atoms with E-state index in [4.69, 9.17) is 4.74 Å². The van der Waals surface area contributed by atoms with E-state index in [9.17, 15) is 4.79 Å². The predicted molar refractivity (Wildman–Crippen MR) is 102 cm³/mol. The number of fused-ring (bicyclic) bond motifs is 1. The maximum absolute atomic E-state index is 12.4. The number of H-pyrrole nitrogens is 1. The van der Waals surface area contributed by atoms with Gasteiger partial charge in [-0.25, -0.2) is 4.79 Å². The van der Waals surface area contributed by atoms with Crippen LogP contribution >= 0.6 is 0 Å². The molecule has 0 bridgehead atoms. The van der Waals surface area contributed by atoms with Gasteiger partial charge in [0.05, 0.1) is 6.61 Å². The van der Waals surface area contributed by atoms with Crippen molar-refractivity contribution in [2.24, 2.45) is 0 Å². The fraction of sp³-hybridized carbons (Fsp3) is 0.318. The van der Waals surface area contributed by atoms with Crippen LogP contribution < -0.4 is 0 Å². The average Bonchev–Trinajstić information content (AvgIpc) is 2.94. The largest absolute Gasteiger partial charge is 0.461 e. The zero-order valence-corrected chi connectivity index (χ0v) is 15.3. The molecule has 0 fully saturated rings. The Morgan fingerprint density at radius 1 is 1.04 bits per heavy atom. The van der Waals surface area contributed by atoms with Gasteiger partial charge in [0.1, 0.15) is 5.69 Å². The number of rotatable bonds is 4. The van der Waals surface area contributed by atoms with Crippen molar-refractivity contribution in [1.82, 2.24) is 4.98 Å². The molecule has 0 aliphatic rings. The van der Waals surface area contributed by atoms with Crippen LogP contribution in [0.3, 0.4) is 0 Å². The van der Waals surface area contributed by atoms with Crippen LogP contribution in [0.15, 0.2) is 48.5 Å². The van der Waals surface area contributed by atoms with Crippen molar-refractivity contribution < 1.29 is 9.53 Å². The second-order valence-electron chi connectivity index (χ2n) is 7.37. The molecule has 0 saturated carbocycles. The molecule has 0 radical (unpaired) electrons. The van der Waals surface area contributed by atoms with Crippen LogP contribution in [-0.4, -0.2) is 17.6 Å². The van der Waals surface area contributed by atoms with Gasteiger partial charge in [-0.3, -0.25) is 0 Å². The van der Waals surface area contributed by atoms with E-state index in [0.717, 1.165) is 16.5 Å². The third-order valence-electron chi connectivity index (χ3n) is 4.49. The third kappa shape index (κ3) is 3.60. The van der Waals surface area contributed by atoms with Gasteiger partial charge in [-0.1, -0.05) is 63.2 Å². The first-order valence-electron chi connectivity index (χ1n) is 8.76. The zero-order chi connectivity index (χ0) is 18.0. The minimum atomic E-state index is -0.292. The molecule has 0 aliphatic heterocycles. The first-order chi connectivity index (χ1) is 11.9. The van der Waals surface area contributed by atoms with E-state index in [-0.39, 0.29) is 11.4 Å². The first-order valence-corrected chi connectivity index (χ1v) is 8.76. The summed E-state index contributed by atoms with van der Waals surface area (Å²) in [5, 5.41) is 1.07. The highest BCUT2D eigenvalue weighted by molar-refractivity contribution is 5.98. The molecule has 0 atom stereocenters. The summed E-state index contributed by atoms with van der Waals surface area (Å²) in [7, 11) is 0. The number of nitrogens with one attached hydrogen (secondary N) is 1. The molecule has 0 unspecified atom stereocenters. The molecule has 130 valence electrons. The molecule has 25 heavy (non-hydrogen) atoms. The summed E-state index contributed by atoms with van der Waals surface area (Å²) in [5.74, 6) is -0.292. The van der Waals surface area contributed by atoms with Crippen LogP contribution in [0.2, 0.25) is 0 Å². The van der Waals surface area contributed by atoms with Gasteiger partial charge in [0.2, 0.25) is 0 Å². The monoisotopic (exact) mass is 335 g/mol. The molecule has 0 saturated heterocycles. The van der Waals surface area contributed by atoms with Crippen molar-refractivity contribution in [1.29, 1.82) is 0 Å². The van der Waals surface area contributed by atoms with Crippen LogP contribution in [-0.2, 0) is 16.6 Å². The van der Waals surface area contributed by atoms with Gasteiger partial charge in [0.25, 0.3) is 0 Å². The highest BCUT2D eigenvalue weighted by atomic mass is 16.5. The Bertz CT molecular complexity index is 883. The molecule has 1 N–H and O–H groups in total. The quantitative estimate of drug-likeness (QED) is 0.663. The lowest BCUT2D eigenvalue weighted by Crippen LogP contribution is -2.11. The number of aromatic amines is 1. The van der Waals surface area contributed by atoms with Gasteiger partial charge in [-0.15, -0.1) is 0 Å². The second kappa shape index (κ2) is 6.75. The summed E-state index contributed by atoms with van der Waals surface area (Å²) in [5.41, 5.74) is 5.14. The Morgan fingerprint density at radius 3 is 2.36 bits per heavy atom. The van der Waals surface area contributed by atoms with Gasteiger partial charge in [-0.05, 0) is 35.1 Å². The minimum absolute atomic E-state index is 0.134. The Kier molecular flexibility index (Phi) is 4.67. The Morgan fingerprint density at radius 2 is 1.72 bits per heavy atom. The maximum atomic E-state index is 12.4. The van der Waals surface area contributed by atoms with Crippen molar-refractivity contribution in [3.63, 3.8) is 0 Å². The van der Waals surface area contributed by atoms with Crippen molar-refractivity contribution in [2.45, 2.75) is 39.5 Å². The molecule has 0 spiro atoms. The number of esters is 1. The smallest absolute Gasteiger partial charge is 0.355 e. The van der Waals surface area contributed by atoms with Gasteiger partial charge in [-0.2, -0.15) is 0 Å². The lowest BCUT2D eigenvalue weighted by atomic mass is 9.86. The van der Waals surface area contributed by atoms with E-state index in [2.05, 4.69) is 50.0 Å². The number of carbonyl (C=O) groups is 1. The number of hydrogen-bond acceptors (Lipinski definition) is 2. The van der Waals surface area contributed by atoms with Crippen LogP contribution in [0.25, 0.3) is 10.9 Å². The molecule has 3 rings (SSSR count). The summed E-state index contributed by atoms with van der Waals surface area (Å²) >= 11 is 0. The summed E-state index contributed by atoms with van der Waals surface area (Å²) in [6, 6.07) is 16.7. The molecular formula is C22H25NO2. The molecule has 0 amide bonds. The third-order valence-corrected chi connectivity index (χ3v) is 4.49. The zero-order valence-electron chi connectivity index (χ0n) is 15.3. The summed E-state index contributed by atoms with van der Waals surface area (Å²) < 4.78 is 5.23. The van der Waals surface area contributed by atoms with E-state index >= 15 is 0 Å². The number of para-hydroxylation sites is 1. The molecule has 2 aromatic carbocycles. The topological polar surface area (TPSA) is 42.1 Å². The molecule has 1 heterocycles. The standard InChI is InChI=1S/C22H25NO2/c1-5-25-21(24)20-18(17-8-6-7-9-19(17)23-20)14-15-10-12-16(13-11-15)22(2,3)4/h6-13,23H,5,14H2,1-4H3. The predicted octanol–water partition coefficient (Wildman–Crippen LogP) is 5.23. The summed E-state index contributed by atoms with van der Waals surface area (Å²) in [4.78, 5) is 15.6. The Labute approximate surface area is 149 Å². The van der Waals surface area contributed by atoms with Crippen LogP contribution in [0.1, 0.15) is 54.9 Å². The van der Waals surface area contributed by atoms with Crippen molar-refractivity contribution >= 4 is 16.9 Å². The van der Waals surface area contributed by atoms with Crippen molar-refractivity contribution in [2.75, 3.05) is 6.61 Å². The fourth-order valence-electron chi connectivity index (χ4n) is 3.09. The van der Waals surface area contributed by atoms with E-state index in [1.807, 2.05) is 31.2 Å². The number of aromatic nitrogens is 1. The normalized spacial score (nSPS) is 11.7. The van der Waals surface area contributed by atoms with Gasteiger partial charge in [0.15, 0.2) is 0 Å². The summed E-state index contributed by atoms with van der Waals surface area (Å²) in [6.07, 6.45) is 0.697. The molecule has 1 aromatic heterocycles. The van der Waals surface area contributed by atoms with E-state index < -0.39 is 0 Å². The Balaban J connectivity index is 2.00. The summed E-state index contributed by atoms with van der Waals surface area (Å²) in [6.45, 7) is 8.82. The lowest BCUT2D eigenvalue weighted by Gasteiger charge is -2.19. The van der Waals surface area contributed by atoms with E-state index in [1.54, 1.807) is 0 Å². The number of carbonyl (C=O) groups excluding carboxylic acids is 1. The molecule has 3 nitrogen and oxygen atoms in total. The number of hydrogen-bond donors (Lipinski definition) is 1. The van der Waals surface area contributed by atoms with Crippen LogP contribution in [0.4, 0.5) is 0 Å². The maximum Gasteiger partial charge on any atom is 0.355 e. The van der Waals surface area contributed by atoms with Gasteiger partial charge >= 0.3 is 5.97 Å². The van der Waals surface area contributed by atoms with E-state index in [0.29, 0.717) is 18.7 Å². The minimum Gasteiger partial charge on any atom is -0.461 e. The van der Waals surface area contributed by atoms with Crippen molar-refractivity contribution in [3.05, 3.63) is 70.9 Å². The van der Waals surface area contributed by atoms with Crippen molar-refractivity contribution in [3.8, 4) is 0 Å². The number of ether oxygens (including phenoxy) is 1. The lowest BCUT2D eigenvalue weighted by molar-refractivity contribution is 0.0519. The molecular weight excluding hydrogens is 310 g/mol. The van der Waals surface area contributed by atoms with Gasteiger partial charge in [0, 0.05) is 17.3 Å². The second-order valence-corrected chi connectivity index (χ2v) is 7.37. The SMILES string of the molecule is CCOC(=O)c1[nH]c2ccccc2c1Cc1ccc(C(C)(C)C)cc1. The van der Waals surface area contributed by atoms with Gasteiger partial charge < -0.3 is 9.72 Å². The first kappa shape index (κ1) is 17.3. The Hall–Kier alpha value is -2.55.